The Morgan fingerprint density at radius 2 is 2.05 bits per heavy atom. The van der Waals surface area contributed by atoms with E-state index in [0.717, 1.165) is 37.1 Å². The Morgan fingerprint density at radius 1 is 1.23 bits per heavy atom. The zero-order chi connectivity index (χ0) is 26.8. The Bertz CT molecular complexity index is 1420. The number of nitrogens with one attached hydrogen (secondary N) is 1. The predicted octanol–water partition coefficient (Wildman–Crippen LogP) is 4.32. The molecule has 200 valence electrons. The van der Waals surface area contributed by atoms with Crippen molar-refractivity contribution in [2.45, 2.75) is 61.6 Å². The van der Waals surface area contributed by atoms with Crippen molar-refractivity contribution in [3.8, 4) is 23.8 Å². The van der Waals surface area contributed by atoms with Crippen LogP contribution >= 0.6 is 11.6 Å². The van der Waals surface area contributed by atoms with Gasteiger partial charge in [-0.1, -0.05) is 35.7 Å². The van der Waals surface area contributed by atoms with Crippen LogP contribution in [0.15, 0.2) is 42.5 Å². The number of carbonyl (C=O) groups is 2. The maximum atomic E-state index is 13.7. The van der Waals surface area contributed by atoms with E-state index in [1.54, 1.807) is 6.08 Å². The number of terminal acetylenes is 1. The van der Waals surface area contributed by atoms with E-state index in [9.17, 15) is 9.59 Å². The first kappa shape index (κ1) is 24.7. The average molecular weight is 543 g/mol. The fraction of sp³-hybridized carbons (Fsp3) is 0.438. The molecule has 39 heavy (non-hydrogen) atoms. The second-order valence-electron chi connectivity index (χ2n) is 11.6. The molecule has 3 fully saturated rings. The molecule has 5 aliphatic rings. The Kier molecular flexibility index (Phi) is 5.80. The summed E-state index contributed by atoms with van der Waals surface area (Å²) in [5, 5.41) is 4.17. The molecule has 2 bridgehead atoms. The lowest BCUT2D eigenvalue weighted by Gasteiger charge is -2.65. The number of rotatable bonds is 7. The third-order valence-corrected chi connectivity index (χ3v) is 9.80. The van der Waals surface area contributed by atoms with Gasteiger partial charge >= 0.3 is 0 Å². The molecule has 7 rings (SSSR count). The fourth-order valence-corrected chi connectivity index (χ4v) is 7.92. The van der Waals surface area contributed by atoms with Gasteiger partial charge in [-0.05, 0) is 80.0 Å². The van der Waals surface area contributed by atoms with Gasteiger partial charge in [-0.25, -0.2) is 0 Å². The lowest BCUT2D eigenvalue weighted by molar-refractivity contribution is -0.148. The second kappa shape index (κ2) is 9.15. The van der Waals surface area contributed by atoms with Gasteiger partial charge < -0.3 is 14.8 Å². The van der Waals surface area contributed by atoms with Crippen molar-refractivity contribution in [2.24, 2.45) is 5.92 Å². The largest absolute Gasteiger partial charge is 0.477 e. The van der Waals surface area contributed by atoms with Crippen LogP contribution < -0.4 is 14.8 Å². The predicted molar refractivity (Wildman–Crippen MR) is 149 cm³/mol. The highest BCUT2D eigenvalue weighted by molar-refractivity contribution is 6.30. The Morgan fingerprint density at radius 3 is 2.82 bits per heavy atom. The monoisotopic (exact) mass is 542 g/mol. The first-order valence-corrected chi connectivity index (χ1v) is 14.2. The fourth-order valence-electron chi connectivity index (χ4n) is 7.79. The van der Waals surface area contributed by atoms with E-state index in [-0.39, 0.29) is 24.3 Å². The lowest BCUT2D eigenvalue weighted by Crippen LogP contribution is -2.81. The molecule has 2 saturated carbocycles. The molecule has 0 aromatic heterocycles. The van der Waals surface area contributed by atoms with Crippen molar-refractivity contribution in [3.63, 3.8) is 0 Å². The first-order valence-electron chi connectivity index (χ1n) is 13.9. The zero-order valence-electron chi connectivity index (χ0n) is 21.8. The highest BCUT2D eigenvalue weighted by Gasteiger charge is 2.74. The van der Waals surface area contributed by atoms with Crippen LogP contribution in [0.3, 0.4) is 0 Å². The molecule has 3 aliphatic carbocycles. The molecule has 0 radical (unpaired) electrons. The van der Waals surface area contributed by atoms with E-state index in [0.29, 0.717) is 35.3 Å². The number of amides is 1. The highest BCUT2D eigenvalue weighted by Crippen LogP contribution is 2.65. The molecule has 6 nitrogen and oxygen atoms in total. The summed E-state index contributed by atoms with van der Waals surface area (Å²) < 4.78 is 12.4. The number of halogens is 1. The number of benzene rings is 2. The molecule has 7 heteroatoms. The van der Waals surface area contributed by atoms with Crippen LogP contribution in [0.1, 0.15) is 48.8 Å². The van der Waals surface area contributed by atoms with Gasteiger partial charge in [0.2, 0.25) is 5.91 Å². The van der Waals surface area contributed by atoms with Gasteiger partial charge in [-0.3, -0.25) is 14.5 Å². The van der Waals surface area contributed by atoms with Gasteiger partial charge in [-0.15, -0.1) is 6.42 Å². The molecule has 1 amide bonds. The van der Waals surface area contributed by atoms with Crippen LogP contribution in [0.2, 0.25) is 5.02 Å². The number of ketones is 1. The number of ether oxygens (including phenoxy) is 2. The number of hydrogen-bond acceptors (Lipinski definition) is 5. The van der Waals surface area contributed by atoms with Crippen molar-refractivity contribution in [3.05, 3.63) is 64.2 Å². The molecule has 1 unspecified atom stereocenters. The summed E-state index contributed by atoms with van der Waals surface area (Å²) in [6, 6.07) is 11.5. The summed E-state index contributed by atoms with van der Waals surface area (Å²) in [6.07, 6.45) is 13.2. The van der Waals surface area contributed by atoms with E-state index < -0.39 is 17.1 Å². The van der Waals surface area contributed by atoms with E-state index >= 15 is 0 Å². The molecule has 2 heterocycles. The van der Waals surface area contributed by atoms with E-state index in [4.69, 9.17) is 27.5 Å². The van der Waals surface area contributed by atoms with Gasteiger partial charge in [0.25, 0.3) is 0 Å². The molecule has 2 aliphatic heterocycles. The normalized spacial score (nSPS) is 30.4. The van der Waals surface area contributed by atoms with Gasteiger partial charge in [-0.2, -0.15) is 0 Å². The number of nitrogens with zero attached hydrogens (tertiary/aromatic N) is 1. The number of likely N-dealkylation sites (tertiary alicyclic amines) is 1. The maximum absolute atomic E-state index is 13.7. The molecule has 2 aromatic rings. The molecule has 2 aromatic carbocycles. The Balaban J connectivity index is 1.33. The van der Waals surface area contributed by atoms with Crippen LogP contribution in [0.25, 0.3) is 6.08 Å². The summed E-state index contributed by atoms with van der Waals surface area (Å²) in [5.74, 6) is 4.39. The Hall–Kier alpha value is -3.27. The average Bonchev–Trinajstić information content (AvgIpc) is 3.68. The van der Waals surface area contributed by atoms with Crippen molar-refractivity contribution < 1.29 is 19.1 Å². The topological polar surface area (TPSA) is 67.9 Å². The van der Waals surface area contributed by atoms with E-state index in [2.05, 4.69) is 22.2 Å². The quantitative estimate of drug-likeness (QED) is 0.417. The number of Topliss-reactive ketones (excluding diaryl/α,β-unsaturated/α-hetero) is 1. The summed E-state index contributed by atoms with van der Waals surface area (Å²) >= 11 is 6.03. The molecule has 4 atom stereocenters. The molecule has 1 spiro atoms. The van der Waals surface area contributed by atoms with Gasteiger partial charge in [0.05, 0.1) is 11.0 Å². The lowest BCUT2D eigenvalue weighted by atomic mass is 9.47. The van der Waals surface area contributed by atoms with Crippen molar-refractivity contribution in [1.82, 2.24) is 10.2 Å². The van der Waals surface area contributed by atoms with E-state index in [1.165, 1.54) is 18.4 Å². The number of piperidine rings is 1. The van der Waals surface area contributed by atoms with E-state index in [1.807, 2.05) is 36.4 Å². The SMILES string of the molecule is C#CCOc1ccc2c3c1O[C@H]1C(=O)CC[C@@]4(NC(=O)/C=C/c5ccc(Cl)cc5)C(C2)N(CC2CC2)CC[C@]314. The maximum Gasteiger partial charge on any atom is 0.244 e. The third-order valence-electron chi connectivity index (χ3n) is 9.55. The van der Waals surface area contributed by atoms with Crippen LogP contribution in [0, 0.1) is 18.3 Å². The summed E-state index contributed by atoms with van der Waals surface area (Å²) in [4.78, 5) is 29.8. The van der Waals surface area contributed by atoms with Crippen LogP contribution in [-0.2, 0) is 21.4 Å². The standard InChI is InChI=1S/C32H31ClN2O4/c1-2-17-38-25-11-8-22-18-26-32(34-27(37)12-7-20-5-9-23(33)10-6-20)14-13-24(36)30-31(32,28(22)29(25)39-30)15-16-35(26)19-21-3-4-21/h1,5-12,21,26,30H,3-4,13-19H2,(H,34,37)/b12-7+/t26?,30-,31-,32+/m0/s1. The summed E-state index contributed by atoms with van der Waals surface area (Å²) in [6.45, 7) is 2.03. The van der Waals surface area contributed by atoms with Gasteiger partial charge in [0.15, 0.2) is 23.4 Å². The smallest absolute Gasteiger partial charge is 0.244 e. The second-order valence-corrected chi connectivity index (χ2v) is 12.0. The molecular weight excluding hydrogens is 512 g/mol. The first-order chi connectivity index (χ1) is 18.9. The van der Waals surface area contributed by atoms with Crippen LogP contribution in [-0.4, -0.2) is 54.0 Å². The number of carbonyl (C=O) groups excluding carboxylic acids is 2. The van der Waals surface area contributed by atoms with Crippen molar-refractivity contribution >= 4 is 29.4 Å². The highest BCUT2D eigenvalue weighted by atomic mass is 35.5. The minimum absolute atomic E-state index is 0.0786. The van der Waals surface area contributed by atoms with Crippen LogP contribution in [0.4, 0.5) is 0 Å². The minimum atomic E-state index is -0.651. The number of hydrogen-bond donors (Lipinski definition) is 1. The summed E-state index contributed by atoms with van der Waals surface area (Å²) in [7, 11) is 0. The molecule has 1 N–H and O–H groups in total. The molecular formula is C32H31ClN2O4. The minimum Gasteiger partial charge on any atom is -0.477 e. The molecule has 1 saturated heterocycles. The zero-order valence-corrected chi connectivity index (χ0v) is 22.5. The van der Waals surface area contributed by atoms with Crippen LogP contribution in [0.5, 0.6) is 11.5 Å². The van der Waals surface area contributed by atoms with Gasteiger partial charge in [0.1, 0.15) is 6.61 Å². The van der Waals surface area contributed by atoms with Gasteiger partial charge in [0, 0.05) is 35.7 Å². The van der Waals surface area contributed by atoms with Crippen molar-refractivity contribution in [2.75, 3.05) is 19.7 Å². The summed E-state index contributed by atoms with van der Waals surface area (Å²) in [5.41, 5.74) is 1.84. The Labute approximate surface area is 233 Å². The third kappa shape index (κ3) is 3.74. The van der Waals surface area contributed by atoms with Crippen molar-refractivity contribution in [1.29, 1.82) is 0 Å².